The van der Waals surface area contributed by atoms with E-state index in [1.165, 1.54) is 24.9 Å². The average molecular weight is 371 g/mol. The predicted octanol–water partition coefficient (Wildman–Crippen LogP) is 0.910. The summed E-state index contributed by atoms with van der Waals surface area (Å²) in [6, 6.07) is 12.0. The Balaban J connectivity index is 2.18. The first-order valence-electron chi connectivity index (χ1n) is 8.92. The van der Waals surface area contributed by atoms with Gasteiger partial charge in [0.15, 0.2) is 12.6 Å². The van der Waals surface area contributed by atoms with Gasteiger partial charge in [0.05, 0.1) is 19.0 Å². The molecule has 0 N–H and O–H groups in total. The molecular formula is C18H34O4Si2. The smallest absolute Gasteiger partial charge is 0.156 e. The van der Waals surface area contributed by atoms with Gasteiger partial charge in [-0.25, -0.2) is 0 Å². The van der Waals surface area contributed by atoms with Crippen LogP contribution < -0.4 is 10.4 Å². The van der Waals surface area contributed by atoms with Crippen LogP contribution in [0, 0.1) is 0 Å². The van der Waals surface area contributed by atoms with Gasteiger partial charge in [0.1, 0.15) is 0 Å². The molecule has 1 aromatic carbocycles. The largest absolute Gasteiger partial charge is 0.356 e. The van der Waals surface area contributed by atoms with Gasteiger partial charge in [-0.3, -0.25) is 0 Å². The maximum atomic E-state index is 5.23. The van der Waals surface area contributed by atoms with Gasteiger partial charge in [-0.15, -0.1) is 0 Å². The Morgan fingerprint density at radius 1 is 0.667 bits per heavy atom. The Morgan fingerprint density at radius 2 is 1.00 bits per heavy atom. The lowest BCUT2D eigenvalue weighted by Crippen LogP contribution is -2.21. The fraction of sp³-hybridized carbons (Fsp3) is 0.667. The van der Waals surface area contributed by atoms with Crippen molar-refractivity contribution in [1.29, 1.82) is 0 Å². The molecule has 6 heteroatoms. The maximum absolute atomic E-state index is 5.23. The standard InChI is InChI=1S/C18H34O4Si2/c1-19-17(20-2)7-5-13-23-15-9-11-16(12-10-15)24-14-6-8-18(21-3)22-4/h9-12,17-18H,5-8,13-14,23-24H2,1-4H3. The third kappa shape index (κ3) is 9.10. The van der Waals surface area contributed by atoms with Gasteiger partial charge in [0.2, 0.25) is 0 Å². The number of benzene rings is 1. The summed E-state index contributed by atoms with van der Waals surface area (Å²) in [5.74, 6) is 0. The van der Waals surface area contributed by atoms with Crippen molar-refractivity contribution in [1.82, 2.24) is 0 Å². The number of ether oxygens (including phenoxy) is 4. The molecule has 4 nitrogen and oxygen atoms in total. The van der Waals surface area contributed by atoms with Crippen LogP contribution in [0.5, 0.6) is 0 Å². The van der Waals surface area contributed by atoms with Crippen LogP contribution in [-0.4, -0.2) is 60.1 Å². The lowest BCUT2D eigenvalue weighted by molar-refractivity contribution is -0.106. The zero-order valence-corrected chi connectivity index (χ0v) is 18.6. The molecule has 0 bridgehead atoms. The summed E-state index contributed by atoms with van der Waals surface area (Å²) >= 11 is 0. The van der Waals surface area contributed by atoms with Crippen molar-refractivity contribution < 1.29 is 18.9 Å². The van der Waals surface area contributed by atoms with Crippen molar-refractivity contribution >= 4 is 29.4 Å². The fourth-order valence-electron chi connectivity index (χ4n) is 2.82. The summed E-state index contributed by atoms with van der Waals surface area (Å²) in [5.41, 5.74) is 0. The number of hydrogen-bond acceptors (Lipinski definition) is 4. The van der Waals surface area contributed by atoms with Crippen LogP contribution in [0.25, 0.3) is 0 Å². The van der Waals surface area contributed by atoms with E-state index in [4.69, 9.17) is 18.9 Å². The van der Waals surface area contributed by atoms with E-state index in [-0.39, 0.29) is 31.6 Å². The van der Waals surface area contributed by atoms with Crippen LogP contribution in [0.2, 0.25) is 12.1 Å². The van der Waals surface area contributed by atoms with Crippen molar-refractivity contribution in [2.24, 2.45) is 0 Å². The monoisotopic (exact) mass is 370 g/mol. The molecule has 24 heavy (non-hydrogen) atoms. The summed E-state index contributed by atoms with van der Waals surface area (Å²) in [5, 5.41) is 3.14. The average Bonchev–Trinajstić information content (AvgIpc) is 2.63. The zero-order valence-electron chi connectivity index (χ0n) is 15.8. The van der Waals surface area contributed by atoms with E-state index in [2.05, 4.69) is 24.3 Å². The first kappa shape index (κ1) is 21.5. The Kier molecular flexibility index (Phi) is 12.3. The third-order valence-corrected chi connectivity index (χ3v) is 8.19. The van der Waals surface area contributed by atoms with E-state index in [0.717, 1.165) is 12.8 Å². The summed E-state index contributed by atoms with van der Waals surface area (Å²) < 4.78 is 20.9. The highest BCUT2D eigenvalue weighted by Gasteiger charge is 2.06. The molecule has 0 unspecified atom stereocenters. The van der Waals surface area contributed by atoms with Crippen molar-refractivity contribution in [2.45, 2.75) is 50.4 Å². The maximum Gasteiger partial charge on any atom is 0.156 e. The molecule has 0 aliphatic carbocycles. The SMILES string of the molecule is COC(CCC[SiH2]c1ccc([SiH2]CCCC(OC)OC)cc1)OC. The molecule has 0 saturated heterocycles. The Hall–Kier alpha value is -0.506. The second kappa shape index (κ2) is 13.7. The molecule has 0 amide bonds. The minimum absolute atomic E-state index is 0.0387. The van der Waals surface area contributed by atoms with Gasteiger partial charge in [0, 0.05) is 28.4 Å². The zero-order chi connectivity index (χ0) is 17.6. The van der Waals surface area contributed by atoms with Crippen molar-refractivity contribution in [2.75, 3.05) is 28.4 Å². The van der Waals surface area contributed by atoms with E-state index in [0.29, 0.717) is 0 Å². The minimum Gasteiger partial charge on any atom is -0.356 e. The summed E-state index contributed by atoms with van der Waals surface area (Å²) in [4.78, 5) is 0. The molecule has 0 spiro atoms. The molecule has 138 valence electrons. The van der Waals surface area contributed by atoms with Gasteiger partial charge < -0.3 is 18.9 Å². The van der Waals surface area contributed by atoms with E-state index >= 15 is 0 Å². The van der Waals surface area contributed by atoms with E-state index in [1.54, 1.807) is 38.8 Å². The molecule has 0 fully saturated rings. The third-order valence-electron chi connectivity index (χ3n) is 4.39. The first-order chi connectivity index (χ1) is 11.7. The van der Waals surface area contributed by atoms with Gasteiger partial charge in [-0.1, -0.05) is 59.6 Å². The van der Waals surface area contributed by atoms with Crippen molar-refractivity contribution in [3.63, 3.8) is 0 Å². The highest BCUT2D eigenvalue weighted by atomic mass is 28.2. The lowest BCUT2D eigenvalue weighted by Gasteiger charge is -2.13. The molecule has 1 rings (SSSR count). The van der Waals surface area contributed by atoms with E-state index in [9.17, 15) is 0 Å². The minimum atomic E-state index is -0.155. The quantitative estimate of drug-likeness (QED) is 0.277. The molecule has 0 aromatic heterocycles. The molecular weight excluding hydrogens is 336 g/mol. The number of methoxy groups -OCH3 is 4. The Labute approximate surface area is 151 Å². The summed E-state index contributed by atoms with van der Waals surface area (Å²) in [7, 11) is 6.52. The normalized spacial score (nSPS) is 12.6. The van der Waals surface area contributed by atoms with Crippen LogP contribution in [0.4, 0.5) is 0 Å². The van der Waals surface area contributed by atoms with E-state index < -0.39 is 0 Å². The van der Waals surface area contributed by atoms with Crippen molar-refractivity contribution in [3.05, 3.63) is 24.3 Å². The predicted molar refractivity (Wildman–Crippen MR) is 106 cm³/mol. The molecule has 0 saturated carbocycles. The van der Waals surface area contributed by atoms with Crippen LogP contribution in [0.3, 0.4) is 0 Å². The molecule has 0 aliphatic heterocycles. The van der Waals surface area contributed by atoms with Crippen molar-refractivity contribution in [3.8, 4) is 0 Å². The first-order valence-corrected chi connectivity index (χ1v) is 12.3. The van der Waals surface area contributed by atoms with Gasteiger partial charge in [0.25, 0.3) is 0 Å². The highest BCUT2D eigenvalue weighted by molar-refractivity contribution is 6.55. The molecule has 0 aliphatic rings. The number of rotatable bonds is 14. The van der Waals surface area contributed by atoms with Crippen LogP contribution in [0.15, 0.2) is 24.3 Å². The summed E-state index contributed by atoms with van der Waals surface area (Å²) in [6.45, 7) is 0. The van der Waals surface area contributed by atoms with Crippen LogP contribution in [0.1, 0.15) is 25.7 Å². The van der Waals surface area contributed by atoms with Gasteiger partial charge in [-0.2, -0.15) is 0 Å². The van der Waals surface area contributed by atoms with Crippen LogP contribution in [-0.2, 0) is 18.9 Å². The highest BCUT2D eigenvalue weighted by Crippen LogP contribution is 2.05. The van der Waals surface area contributed by atoms with Gasteiger partial charge in [-0.05, 0) is 12.8 Å². The Morgan fingerprint density at radius 3 is 1.29 bits per heavy atom. The summed E-state index contributed by atoms with van der Waals surface area (Å²) in [6.07, 6.45) is 4.29. The second-order valence-corrected chi connectivity index (χ2v) is 10.2. The molecule has 0 atom stereocenters. The molecule has 1 aromatic rings. The topological polar surface area (TPSA) is 36.9 Å². The number of hydrogen-bond donors (Lipinski definition) is 0. The lowest BCUT2D eigenvalue weighted by atomic mass is 10.3. The van der Waals surface area contributed by atoms with Gasteiger partial charge >= 0.3 is 0 Å². The van der Waals surface area contributed by atoms with Crippen LogP contribution >= 0.6 is 0 Å². The van der Waals surface area contributed by atoms with E-state index in [1.807, 2.05) is 0 Å². The molecule has 0 heterocycles. The second-order valence-electron chi connectivity index (χ2n) is 6.11. The fourth-order valence-corrected chi connectivity index (χ4v) is 5.85. The molecule has 0 radical (unpaired) electrons. The Bertz CT molecular complexity index is 367.